The zero-order chi connectivity index (χ0) is 19.0. The molecular formula is C19H17ClF2N2O3. The topological polar surface area (TPSA) is 60.5 Å². The molecule has 2 aliphatic rings. The molecule has 1 saturated carbocycles. The Hall–Kier alpha value is -2.41. The molecule has 1 aliphatic heterocycles. The maximum atomic E-state index is 13.2. The van der Waals surface area contributed by atoms with Gasteiger partial charge in [0.25, 0.3) is 0 Å². The summed E-state index contributed by atoms with van der Waals surface area (Å²) in [5.74, 6) is 0.258. The smallest absolute Gasteiger partial charge is 0.395 e. The molecule has 2 heterocycles. The lowest BCUT2D eigenvalue weighted by Gasteiger charge is -2.20. The van der Waals surface area contributed by atoms with Gasteiger partial charge in [-0.3, -0.25) is 4.79 Å². The van der Waals surface area contributed by atoms with Crippen LogP contribution in [0, 0.1) is 5.92 Å². The molecule has 4 rings (SSSR count). The summed E-state index contributed by atoms with van der Waals surface area (Å²) in [6.45, 7) is 0. The Morgan fingerprint density at radius 1 is 1.15 bits per heavy atom. The predicted octanol–water partition coefficient (Wildman–Crippen LogP) is 5.24. The van der Waals surface area contributed by atoms with E-state index in [0.29, 0.717) is 16.9 Å². The molecule has 0 atom stereocenters. The number of fused-ring (bicyclic) bond motifs is 1. The molecule has 0 bridgehead atoms. The van der Waals surface area contributed by atoms with E-state index in [1.54, 1.807) is 12.1 Å². The highest BCUT2D eigenvalue weighted by Crippen LogP contribution is 2.46. The minimum absolute atomic E-state index is 0.0155. The van der Waals surface area contributed by atoms with Gasteiger partial charge in [0, 0.05) is 29.3 Å². The Morgan fingerprint density at radius 2 is 1.85 bits per heavy atom. The van der Waals surface area contributed by atoms with E-state index in [4.69, 9.17) is 11.6 Å². The molecule has 1 aromatic heterocycles. The van der Waals surface area contributed by atoms with E-state index >= 15 is 0 Å². The van der Waals surface area contributed by atoms with Gasteiger partial charge < -0.3 is 14.8 Å². The van der Waals surface area contributed by atoms with E-state index < -0.39 is 6.29 Å². The van der Waals surface area contributed by atoms with Crippen molar-refractivity contribution in [1.82, 2.24) is 4.98 Å². The third kappa shape index (κ3) is 3.83. The van der Waals surface area contributed by atoms with E-state index in [-0.39, 0.29) is 28.3 Å². The van der Waals surface area contributed by atoms with Crippen LogP contribution >= 0.6 is 11.6 Å². The van der Waals surface area contributed by atoms with Gasteiger partial charge in [-0.1, -0.05) is 30.9 Å². The number of nitrogens with one attached hydrogen (secondary N) is 1. The van der Waals surface area contributed by atoms with Crippen molar-refractivity contribution in [2.75, 3.05) is 5.32 Å². The Kier molecular flexibility index (Phi) is 4.63. The third-order valence-electron chi connectivity index (χ3n) is 4.79. The SMILES string of the molecule is O=C(Nc1ccc(-c2cc3c(cc2Cl)OC(F)(F)O3)cn1)C1CCCCC1. The van der Waals surface area contributed by atoms with E-state index in [1.807, 2.05) is 0 Å². The van der Waals surface area contributed by atoms with Crippen LogP contribution in [0.2, 0.25) is 5.02 Å². The lowest BCUT2D eigenvalue weighted by molar-refractivity contribution is -0.286. The molecule has 1 fully saturated rings. The third-order valence-corrected chi connectivity index (χ3v) is 5.11. The van der Waals surface area contributed by atoms with Crippen LogP contribution < -0.4 is 14.8 Å². The maximum Gasteiger partial charge on any atom is 0.586 e. The summed E-state index contributed by atoms with van der Waals surface area (Å²) < 4.78 is 35.2. The number of nitrogens with zero attached hydrogens (tertiary/aromatic N) is 1. The van der Waals surface area contributed by atoms with Crippen molar-refractivity contribution in [3.8, 4) is 22.6 Å². The van der Waals surface area contributed by atoms with Crippen molar-refractivity contribution in [2.24, 2.45) is 5.92 Å². The number of halogens is 3. The monoisotopic (exact) mass is 394 g/mol. The quantitative estimate of drug-likeness (QED) is 0.773. The van der Waals surface area contributed by atoms with Crippen molar-refractivity contribution in [3.05, 3.63) is 35.5 Å². The second-order valence-electron chi connectivity index (χ2n) is 6.70. The Labute approximate surface area is 159 Å². The van der Waals surface area contributed by atoms with Gasteiger partial charge in [-0.15, -0.1) is 8.78 Å². The summed E-state index contributed by atoms with van der Waals surface area (Å²) in [7, 11) is 0. The normalized spacial score (nSPS) is 18.3. The van der Waals surface area contributed by atoms with Crippen LogP contribution in [0.25, 0.3) is 11.1 Å². The molecule has 1 aliphatic carbocycles. The number of pyridine rings is 1. The fourth-order valence-corrected chi connectivity index (χ4v) is 3.68. The highest BCUT2D eigenvalue weighted by atomic mass is 35.5. The van der Waals surface area contributed by atoms with Crippen LogP contribution in [-0.2, 0) is 4.79 Å². The van der Waals surface area contributed by atoms with Crippen LogP contribution in [0.4, 0.5) is 14.6 Å². The van der Waals surface area contributed by atoms with Crippen LogP contribution in [0.3, 0.4) is 0 Å². The van der Waals surface area contributed by atoms with Gasteiger partial charge in [0.15, 0.2) is 11.5 Å². The van der Waals surface area contributed by atoms with Crippen molar-refractivity contribution >= 4 is 23.3 Å². The van der Waals surface area contributed by atoms with Crippen molar-refractivity contribution in [3.63, 3.8) is 0 Å². The number of rotatable bonds is 3. The molecular weight excluding hydrogens is 378 g/mol. The number of amides is 1. The number of carbonyl (C=O) groups is 1. The summed E-state index contributed by atoms with van der Waals surface area (Å²) in [5, 5.41) is 3.06. The van der Waals surface area contributed by atoms with Crippen LogP contribution in [0.1, 0.15) is 32.1 Å². The van der Waals surface area contributed by atoms with E-state index in [0.717, 1.165) is 25.7 Å². The molecule has 0 radical (unpaired) electrons. The first kappa shape index (κ1) is 18.0. The average Bonchev–Trinajstić information content (AvgIpc) is 2.95. The number of hydrogen-bond donors (Lipinski definition) is 1. The standard InChI is InChI=1S/C19H17ClF2N2O3/c20-14-9-16-15(26-19(21,22)27-16)8-13(14)12-6-7-17(23-10-12)24-18(25)11-4-2-1-3-5-11/h6-11H,1-5H2,(H,23,24,25). The minimum Gasteiger partial charge on any atom is -0.395 e. The number of alkyl halides is 2. The summed E-state index contributed by atoms with van der Waals surface area (Å²) >= 11 is 6.18. The summed E-state index contributed by atoms with van der Waals surface area (Å²) in [6, 6.07) is 6.04. The van der Waals surface area contributed by atoms with E-state index in [9.17, 15) is 13.6 Å². The molecule has 0 unspecified atom stereocenters. The van der Waals surface area contributed by atoms with Crippen LogP contribution in [-0.4, -0.2) is 17.2 Å². The first-order valence-electron chi connectivity index (χ1n) is 8.78. The zero-order valence-electron chi connectivity index (χ0n) is 14.3. The van der Waals surface area contributed by atoms with Gasteiger partial charge in [-0.25, -0.2) is 4.98 Å². The average molecular weight is 395 g/mol. The van der Waals surface area contributed by atoms with E-state index in [1.165, 1.54) is 24.8 Å². The lowest BCUT2D eigenvalue weighted by atomic mass is 9.89. The van der Waals surface area contributed by atoms with Gasteiger partial charge in [-0.2, -0.15) is 0 Å². The second kappa shape index (κ2) is 6.96. The summed E-state index contributed by atoms with van der Waals surface area (Å²) in [6.07, 6.45) is 2.97. The van der Waals surface area contributed by atoms with Gasteiger partial charge in [-0.05, 0) is 31.0 Å². The van der Waals surface area contributed by atoms with E-state index in [2.05, 4.69) is 19.8 Å². The molecule has 1 amide bonds. The van der Waals surface area contributed by atoms with Gasteiger partial charge >= 0.3 is 6.29 Å². The summed E-state index contributed by atoms with van der Waals surface area (Å²) in [5.41, 5.74) is 1.09. The van der Waals surface area contributed by atoms with Gasteiger partial charge in [0.2, 0.25) is 5.91 Å². The second-order valence-corrected chi connectivity index (χ2v) is 7.11. The highest BCUT2D eigenvalue weighted by molar-refractivity contribution is 6.33. The first-order chi connectivity index (χ1) is 12.9. The number of carbonyl (C=O) groups excluding carboxylic acids is 1. The van der Waals surface area contributed by atoms with Crippen molar-refractivity contribution in [2.45, 2.75) is 38.4 Å². The van der Waals surface area contributed by atoms with Crippen molar-refractivity contribution < 1.29 is 23.0 Å². The fourth-order valence-electron chi connectivity index (χ4n) is 3.41. The largest absolute Gasteiger partial charge is 0.586 e. The Balaban J connectivity index is 1.50. The number of aromatic nitrogens is 1. The van der Waals surface area contributed by atoms with Crippen LogP contribution in [0.15, 0.2) is 30.5 Å². The van der Waals surface area contributed by atoms with Gasteiger partial charge in [0.05, 0.1) is 5.02 Å². The number of benzene rings is 1. The molecule has 0 spiro atoms. The molecule has 5 nitrogen and oxygen atoms in total. The minimum atomic E-state index is -3.70. The maximum absolute atomic E-state index is 13.2. The predicted molar refractivity (Wildman–Crippen MR) is 96.1 cm³/mol. The van der Waals surface area contributed by atoms with Gasteiger partial charge in [0.1, 0.15) is 5.82 Å². The van der Waals surface area contributed by atoms with Crippen molar-refractivity contribution in [1.29, 1.82) is 0 Å². The Morgan fingerprint density at radius 3 is 2.52 bits per heavy atom. The van der Waals surface area contributed by atoms with Crippen LogP contribution in [0.5, 0.6) is 11.5 Å². The molecule has 8 heteroatoms. The molecule has 27 heavy (non-hydrogen) atoms. The Bertz CT molecular complexity index is 868. The molecule has 2 aromatic rings. The molecule has 1 N–H and O–H groups in total. The molecule has 0 saturated heterocycles. The summed E-state index contributed by atoms with van der Waals surface area (Å²) in [4.78, 5) is 16.5. The number of hydrogen-bond acceptors (Lipinski definition) is 4. The lowest BCUT2D eigenvalue weighted by Crippen LogP contribution is -2.25. The molecule has 142 valence electrons. The number of anilines is 1. The first-order valence-corrected chi connectivity index (χ1v) is 9.16. The highest BCUT2D eigenvalue weighted by Gasteiger charge is 2.43. The fraction of sp³-hybridized carbons (Fsp3) is 0.368. The molecule has 1 aromatic carbocycles. The zero-order valence-corrected chi connectivity index (χ0v) is 15.1. The number of ether oxygens (including phenoxy) is 2.